The van der Waals surface area contributed by atoms with Gasteiger partial charge in [-0.2, -0.15) is 0 Å². The maximum Gasteiger partial charge on any atom is 0.0541 e. The summed E-state index contributed by atoms with van der Waals surface area (Å²) < 4.78 is 2.40. The first kappa shape index (κ1) is 36.2. The second kappa shape index (κ2) is 14.0. The van der Waals surface area contributed by atoms with Crippen LogP contribution in [0.15, 0.2) is 200 Å². The Morgan fingerprint density at radius 2 is 0.984 bits per heavy atom. The summed E-state index contributed by atoms with van der Waals surface area (Å²) in [4.78, 5) is 2.44. The molecule has 0 radical (unpaired) electrons. The van der Waals surface area contributed by atoms with Crippen LogP contribution in [0.3, 0.4) is 0 Å². The van der Waals surface area contributed by atoms with Crippen LogP contribution in [-0.4, -0.2) is 4.57 Å². The molecular formula is C59H50N2. The highest BCUT2D eigenvalue weighted by Gasteiger charge is 2.73. The third kappa shape index (κ3) is 5.54. The lowest BCUT2D eigenvalue weighted by molar-refractivity contribution is -0.242. The SMILES string of the molecule is C[C@H]1C[C@H]2C[C@H]3CC(c4ccc(N(c5ccc(-c6cccc(-n7c8ccccc8c8ccccc87)c6)cc5)c5ccc(-c6ccccc6-c6ccccc6)cc5)cc4)(C1)[C@]23C. The molecule has 0 amide bonds. The van der Waals surface area contributed by atoms with Gasteiger partial charge >= 0.3 is 0 Å². The number of anilines is 3. The zero-order chi connectivity index (χ0) is 40.7. The fourth-order valence-electron chi connectivity index (χ4n) is 12.5. The average Bonchev–Trinajstić information content (AvgIpc) is 3.65. The van der Waals surface area contributed by atoms with E-state index >= 15 is 0 Å². The number of nitrogens with zero attached hydrogens (tertiary/aromatic N) is 2. The van der Waals surface area contributed by atoms with Crippen LogP contribution >= 0.6 is 0 Å². The van der Waals surface area contributed by atoms with E-state index in [0.717, 1.165) is 29.1 Å². The molecule has 8 aromatic carbocycles. The smallest absolute Gasteiger partial charge is 0.0541 e. The van der Waals surface area contributed by atoms with E-state index in [9.17, 15) is 0 Å². The van der Waals surface area contributed by atoms with Crippen molar-refractivity contribution in [3.05, 3.63) is 206 Å². The highest BCUT2D eigenvalue weighted by molar-refractivity contribution is 6.09. The van der Waals surface area contributed by atoms with Gasteiger partial charge in [-0.05, 0) is 148 Å². The lowest BCUT2D eigenvalue weighted by Crippen LogP contribution is -2.72. The molecule has 3 aliphatic rings. The van der Waals surface area contributed by atoms with Crippen molar-refractivity contribution in [3.63, 3.8) is 0 Å². The Labute approximate surface area is 359 Å². The molecule has 5 atom stereocenters. The zero-order valence-electron chi connectivity index (χ0n) is 35.0. The highest BCUT2D eigenvalue weighted by Crippen LogP contribution is 2.79. The fourth-order valence-corrected chi connectivity index (χ4v) is 12.5. The molecular weight excluding hydrogens is 737 g/mol. The number of aromatic nitrogens is 1. The number of hydrogen-bond acceptors (Lipinski definition) is 1. The molecule has 0 aliphatic heterocycles. The first-order chi connectivity index (χ1) is 30.0. The summed E-state index contributed by atoms with van der Waals surface area (Å²) in [7, 11) is 0. The van der Waals surface area contributed by atoms with Crippen LogP contribution in [0, 0.1) is 23.2 Å². The molecule has 61 heavy (non-hydrogen) atoms. The van der Waals surface area contributed by atoms with Gasteiger partial charge in [0.15, 0.2) is 0 Å². The van der Waals surface area contributed by atoms with E-state index in [1.807, 2.05) is 0 Å². The predicted molar refractivity (Wildman–Crippen MR) is 256 cm³/mol. The van der Waals surface area contributed by atoms with Crippen molar-refractivity contribution in [2.24, 2.45) is 23.2 Å². The summed E-state index contributed by atoms with van der Waals surface area (Å²) in [6.07, 6.45) is 5.54. The normalized spacial score (nSPS) is 22.6. The minimum Gasteiger partial charge on any atom is -0.311 e. The molecule has 0 N–H and O–H groups in total. The molecule has 2 heteroatoms. The lowest BCUT2D eigenvalue weighted by Gasteiger charge is -2.77. The van der Waals surface area contributed by atoms with Gasteiger partial charge in [0.05, 0.1) is 11.0 Å². The Morgan fingerprint density at radius 3 is 1.61 bits per heavy atom. The zero-order valence-corrected chi connectivity index (χ0v) is 35.0. The van der Waals surface area contributed by atoms with Crippen LogP contribution in [0.2, 0.25) is 0 Å². The Morgan fingerprint density at radius 1 is 0.459 bits per heavy atom. The van der Waals surface area contributed by atoms with Crippen molar-refractivity contribution in [2.45, 2.75) is 44.9 Å². The quantitative estimate of drug-likeness (QED) is 0.149. The molecule has 0 bridgehead atoms. The molecule has 3 aliphatic carbocycles. The minimum atomic E-state index is 0.324. The summed E-state index contributed by atoms with van der Waals surface area (Å²) in [6, 6.07) is 74.1. The van der Waals surface area contributed by atoms with Crippen molar-refractivity contribution in [2.75, 3.05) is 4.90 Å². The minimum absolute atomic E-state index is 0.324. The number of para-hydroxylation sites is 2. The van der Waals surface area contributed by atoms with Gasteiger partial charge < -0.3 is 9.47 Å². The molecule has 1 heterocycles. The van der Waals surface area contributed by atoms with Crippen LogP contribution in [0.4, 0.5) is 17.1 Å². The van der Waals surface area contributed by atoms with E-state index < -0.39 is 0 Å². The Balaban J connectivity index is 0.918. The van der Waals surface area contributed by atoms with Gasteiger partial charge in [0, 0.05) is 38.9 Å². The molecule has 0 saturated heterocycles. The van der Waals surface area contributed by atoms with Gasteiger partial charge in [0.25, 0.3) is 0 Å². The Kier molecular flexibility index (Phi) is 8.29. The first-order valence-corrected chi connectivity index (χ1v) is 22.3. The van der Waals surface area contributed by atoms with E-state index in [2.05, 4.69) is 224 Å². The van der Waals surface area contributed by atoms with Crippen LogP contribution < -0.4 is 4.90 Å². The maximum atomic E-state index is 2.62. The second-order valence-corrected chi connectivity index (χ2v) is 18.6. The third-order valence-corrected chi connectivity index (χ3v) is 15.5. The van der Waals surface area contributed by atoms with E-state index in [1.54, 1.807) is 5.56 Å². The Bertz CT molecular complexity index is 3010. The number of fused-ring (bicyclic) bond motifs is 3. The van der Waals surface area contributed by atoms with E-state index in [1.165, 1.54) is 92.2 Å². The Hall–Kier alpha value is -6.64. The standard InChI is InChI=1S/C59H50N2/c1-40-35-46-37-47-39-59(38-40,58(46,47)2)45-27-33-50(34-28-45)60(49-31-25-43(26-32-49)53-18-7-6-17-52(53)42-13-4-3-5-14-42)48-29-23-41(24-30-48)44-15-12-16-51(36-44)61-56-21-10-8-19-54(56)55-20-9-11-22-57(55)61/h3-34,36,40,46-47H,35,37-39H2,1-2H3/t40-,46-,47-,58+,59?/m0/s1. The summed E-state index contributed by atoms with van der Waals surface area (Å²) in [5, 5.41) is 2.56. The second-order valence-electron chi connectivity index (χ2n) is 18.6. The molecule has 2 nitrogen and oxygen atoms in total. The van der Waals surface area contributed by atoms with Gasteiger partial charge in [0.2, 0.25) is 0 Å². The van der Waals surface area contributed by atoms with Gasteiger partial charge in [-0.1, -0.05) is 153 Å². The monoisotopic (exact) mass is 786 g/mol. The van der Waals surface area contributed by atoms with Crippen LogP contribution in [0.1, 0.15) is 45.1 Å². The fraction of sp³-hybridized carbons (Fsp3) is 0.186. The summed E-state index contributed by atoms with van der Waals surface area (Å²) in [6.45, 7) is 5.12. The van der Waals surface area contributed by atoms with Gasteiger partial charge in [0.1, 0.15) is 0 Å². The molecule has 3 saturated carbocycles. The van der Waals surface area contributed by atoms with Crippen LogP contribution in [0.25, 0.3) is 60.9 Å². The highest BCUT2D eigenvalue weighted by atomic mass is 15.1. The molecule has 1 unspecified atom stereocenters. The molecule has 3 fully saturated rings. The third-order valence-electron chi connectivity index (χ3n) is 15.5. The van der Waals surface area contributed by atoms with Crippen molar-refractivity contribution in [1.29, 1.82) is 0 Å². The van der Waals surface area contributed by atoms with Gasteiger partial charge in [-0.25, -0.2) is 0 Å². The van der Waals surface area contributed by atoms with Crippen molar-refractivity contribution in [3.8, 4) is 39.1 Å². The molecule has 9 aromatic rings. The summed E-state index contributed by atoms with van der Waals surface area (Å²) in [5.41, 5.74) is 16.8. The average molecular weight is 787 g/mol. The van der Waals surface area contributed by atoms with Gasteiger partial charge in [-0.15, -0.1) is 0 Å². The van der Waals surface area contributed by atoms with Crippen LogP contribution in [0.5, 0.6) is 0 Å². The first-order valence-electron chi connectivity index (χ1n) is 22.3. The molecule has 0 spiro atoms. The number of benzene rings is 8. The summed E-state index contributed by atoms with van der Waals surface area (Å²) in [5.74, 6) is 2.59. The number of rotatable bonds is 8. The van der Waals surface area contributed by atoms with Crippen molar-refractivity contribution >= 4 is 38.9 Å². The van der Waals surface area contributed by atoms with Crippen molar-refractivity contribution in [1.82, 2.24) is 4.57 Å². The lowest BCUT2D eigenvalue weighted by atomic mass is 9.26. The van der Waals surface area contributed by atoms with E-state index in [0.29, 0.717) is 10.8 Å². The topological polar surface area (TPSA) is 8.17 Å². The van der Waals surface area contributed by atoms with E-state index in [-0.39, 0.29) is 0 Å². The largest absolute Gasteiger partial charge is 0.311 e. The van der Waals surface area contributed by atoms with Crippen molar-refractivity contribution < 1.29 is 0 Å². The number of hydrogen-bond donors (Lipinski definition) is 0. The van der Waals surface area contributed by atoms with Crippen LogP contribution in [-0.2, 0) is 5.41 Å². The predicted octanol–water partition coefficient (Wildman–Crippen LogP) is 16.0. The maximum absolute atomic E-state index is 2.62. The molecule has 296 valence electrons. The molecule has 12 rings (SSSR count). The molecule has 1 aromatic heterocycles. The summed E-state index contributed by atoms with van der Waals surface area (Å²) >= 11 is 0. The van der Waals surface area contributed by atoms with Gasteiger partial charge in [-0.3, -0.25) is 0 Å². The van der Waals surface area contributed by atoms with E-state index in [4.69, 9.17) is 0 Å².